The fourth-order valence-corrected chi connectivity index (χ4v) is 2.70. The van der Waals surface area contributed by atoms with E-state index < -0.39 is 0 Å². The van der Waals surface area contributed by atoms with E-state index in [1.165, 1.54) is 17.7 Å². The molecule has 164 valence electrons. The van der Waals surface area contributed by atoms with Crippen LogP contribution >= 0.6 is 0 Å². The van der Waals surface area contributed by atoms with Crippen molar-refractivity contribution in [1.82, 2.24) is 0 Å². The molecule has 0 amide bonds. The SMILES string of the molecule is C=C/C=C(N=C(C)C)\C(C=C)=C(/C)Nc1ccc(F)cc1C.COc1ccc(C)cc1. The first-order chi connectivity index (χ1) is 14.7. The summed E-state index contributed by atoms with van der Waals surface area (Å²) in [5.74, 6) is 0.674. The number of rotatable bonds is 7. The van der Waals surface area contributed by atoms with Crippen molar-refractivity contribution in [2.24, 2.45) is 4.99 Å². The summed E-state index contributed by atoms with van der Waals surface area (Å²) in [6, 6.07) is 12.6. The van der Waals surface area contributed by atoms with Crippen molar-refractivity contribution in [3.05, 3.63) is 108 Å². The molecule has 0 unspecified atom stereocenters. The number of aryl methyl sites for hydroxylation is 2. The molecule has 3 nitrogen and oxygen atoms in total. The molecule has 2 rings (SSSR count). The van der Waals surface area contributed by atoms with E-state index in [9.17, 15) is 4.39 Å². The average Bonchev–Trinajstić information content (AvgIpc) is 2.71. The highest BCUT2D eigenvalue weighted by Crippen LogP contribution is 2.23. The third-order valence-corrected chi connectivity index (χ3v) is 4.27. The normalized spacial score (nSPS) is 11.4. The van der Waals surface area contributed by atoms with E-state index in [1.807, 2.05) is 58.0 Å². The fourth-order valence-electron chi connectivity index (χ4n) is 2.70. The Labute approximate surface area is 186 Å². The number of halogens is 1. The van der Waals surface area contributed by atoms with Gasteiger partial charge in [0.15, 0.2) is 0 Å². The summed E-state index contributed by atoms with van der Waals surface area (Å²) in [7, 11) is 1.67. The van der Waals surface area contributed by atoms with Gasteiger partial charge in [0, 0.05) is 22.7 Å². The van der Waals surface area contributed by atoms with Crippen molar-refractivity contribution in [2.75, 3.05) is 12.4 Å². The van der Waals surface area contributed by atoms with Crippen molar-refractivity contribution in [3.63, 3.8) is 0 Å². The van der Waals surface area contributed by atoms with Crippen molar-refractivity contribution in [1.29, 1.82) is 0 Å². The van der Waals surface area contributed by atoms with Crippen LogP contribution in [0.4, 0.5) is 10.1 Å². The predicted molar refractivity (Wildman–Crippen MR) is 132 cm³/mol. The predicted octanol–water partition coefficient (Wildman–Crippen LogP) is 7.56. The highest BCUT2D eigenvalue weighted by molar-refractivity contribution is 5.81. The number of allylic oxidation sites excluding steroid dienone is 4. The Balaban J connectivity index is 0.000000442. The molecule has 0 aliphatic rings. The second-order valence-corrected chi connectivity index (χ2v) is 7.19. The summed E-state index contributed by atoms with van der Waals surface area (Å²) < 4.78 is 18.2. The van der Waals surface area contributed by atoms with Gasteiger partial charge in [0.1, 0.15) is 11.6 Å². The molecule has 31 heavy (non-hydrogen) atoms. The first-order valence-electron chi connectivity index (χ1n) is 10.0. The maximum Gasteiger partial charge on any atom is 0.123 e. The third-order valence-electron chi connectivity index (χ3n) is 4.27. The summed E-state index contributed by atoms with van der Waals surface area (Å²) in [5.41, 5.74) is 6.46. The zero-order valence-electron chi connectivity index (χ0n) is 19.4. The van der Waals surface area contributed by atoms with Crippen molar-refractivity contribution < 1.29 is 9.13 Å². The number of benzene rings is 2. The topological polar surface area (TPSA) is 33.6 Å². The van der Waals surface area contributed by atoms with Crippen LogP contribution in [0.3, 0.4) is 0 Å². The van der Waals surface area contributed by atoms with Gasteiger partial charge in [0.05, 0.1) is 12.8 Å². The number of ether oxygens (including phenoxy) is 1. The van der Waals surface area contributed by atoms with E-state index in [0.717, 1.165) is 39.7 Å². The van der Waals surface area contributed by atoms with E-state index >= 15 is 0 Å². The Hall–Kier alpha value is -3.40. The Morgan fingerprint density at radius 3 is 2.16 bits per heavy atom. The van der Waals surface area contributed by atoms with Gasteiger partial charge >= 0.3 is 0 Å². The van der Waals surface area contributed by atoms with Crippen LogP contribution < -0.4 is 10.1 Å². The maximum atomic E-state index is 13.2. The summed E-state index contributed by atoms with van der Waals surface area (Å²) >= 11 is 0. The van der Waals surface area contributed by atoms with Crippen LogP contribution in [0.1, 0.15) is 31.9 Å². The first kappa shape index (κ1) is 25.6. The lowest BCUT2D eigenvalue weighted by atomic mass is 10.1. The van der Waals surface area contributed by atoms with E-state index in [2.05, 4.69) is 30.4 Å². The van der Waals surface area contributed by atoms with E-state index in [-0.39, 0.29) is 5.82 Å². The zero-order chi connectivity index (χ0) is 23.4. The molecule has 1 N–H and O–H groups in total. The Kier molecular flexibility index (Phi) is 10.8. The minimum Gasteiger partial charge on any atom is -0.497 e. The monoisotopic (exact) mass is 420 g/mol. The second-order valence-electron chi connectivity index (χ2n) is 7.19. The summed E-state index contributed by atoms with van der Waals surface area (Å²) in [4.78, 5) is 4.51. The summed E-state index contributed by atoms with van der Waals surface area (Å²) in [5, 5.41) is 3.30. The lowest BCUT2D eigenvalue weighted by Crippen LogP contribution is -2.03. The largest absolute Gasteiger partial charge is 0.497 e. The van der Waals surface area contributed by atoms with Gasteiger partial charge in [-0.05, 0) is 76.6 Å². The maximum absolute atomic E-state index is 13.2. The van der Waals surface area contributed by atoms with Crippen LogP contribution in [-0.2, 0) is 0 Å². The third kappa shape index (κ3) is 8.87. The molecule has 2 aromatic carbocycles. The molecule has 4 heteroatoms. The van der Waals surface area contributed by atoms with Crippen LogP contribution in [0.25, 0.3) is 0 Å². The molecule has 0 saturated heterocycles. The van der Waals surface area contributed by atoms with Crippen molar-refractivity contribution in [2.45, 2.75) is 34.6 Å². The molecule has 0 aromatic heterocycles. The Morgan fingerprint density at radius 2 is 1.68 bits per heavy atom. The first-order valence-corrected chi connectivity index (χ1v) is 10.0. The number of methoxy groups -OCH3 is 1. The number of nitrogens with zero attached hydrogens (tertiary/aromatic N) is 1. The van der Waals surface area contributed by atoms with E-state index in [4.69, 9.17) is 4.74 Å². The number of hydrogen-bond acceptors (Lipinski definition) is 3. The molecule has 0 spiro atoms. The Bertz CT molecular complexity index is 979. The van der Waals surface area contributed by atoms with Gasteiger partial charge < -0.3 is 10.1 Å². The Morgan fingerprint density at radius 1 is 1.03 bits per heavy atom. The fraction of sp³-hybridized carbons (Fsp3) is 0.222. The molecule has 0 atom stereocenters. The standard InChI is InChI=1S/C19H23FN2.C8H10O/c1-7-9-19(21-13(3)4)17(8-2)15(6)22-18-11-10-16(20)12-14(18)5;1-7-3-5-8(9-2)6-4-7/h7-12,22H,1-2H2,3-6H3;3-6H,1-2H3/b17-15+,19-9+;. The minimum atomic E-state index is -0.243. The van der Waals surface area contributed by atoms with Gasteiger partial charge in [-0.1, -0.05) is 43.0 Å². The van der Waals surface area contributed by atoms with Gasteiger partial charge in [0.25, 0.3) is 0 Å². The van der Waals surface area contributed by atoms with Crippen molar-refractivity contribution >= 4 is 11.4 Å². The molecule has 0 heterocycles. The number of hydrogen-bond donors (Lipinski definition) is 1. The lowest BCUT2D eigenvalue weighted by molar-refractivity contribution is 0.414. The van der Waals surface area contributed by atoms with Gasteiger partial charge in [-0.25, -0.2) is 4.39 Å². The molecule has 0 saturated carbocycles. The molecule has 2 aromatic rings. The summed E-state index contributed by atoms with van der Waals surface area (Å²) in [6.45, 7) is 17.3. The quantitative estimate of drug-likeness (QED) is 0.370. The number of anilines is 1. The molecule has 0 bridgehead atoms. The van der Waals surface area contributed by atoms with Gasteiger partial charge in [-0.15, -0.1) is 0 Å². The highest BCUT2D eigenvalue weighted by atomic mass is 19.1. The molecule has 0 aliphatic carbocycles. The minimum absolute atomic E-state index is 0.243. The summed E-state index contributed by atoms with van der Waals surface area (Å²) in [6.07, 6.45) is 5.29. The van der Waals surface area contributed by atoms with Crippen LogP contribution in [0, 0.1) is 19.7 Å². The average molecular weight is 421 g/mol. The highest BCUT2D eigenvalue weighted by Gasteiger charge is 2.07. The van der Waals surface area contributed by atoms with Gasteiger partial charge in [-0.2, -0.15) is 0 Å². The lowest BCUT2D eigenvalue weighted by Gasteiger charge is -2.14. The van der Waals surface area contributed by atoms with E-state index in [0.29, 0.717) is 0 Å². The van der Waals surface area contributed by atoms with Gasteiger partial charge in [0.2, 0.25) is 0 Å². The number of aliphatic imine (C=N–C) groups is 1. The zero-order valence-corrected chi connectivity index (χ0v) is 19.4. The van der Waals surface area contributed by atoms with Crippen LogP contribution in [0.5, 0.6) is 5.75 Å². The second kappa shape index (κ2) is 13.0. The van der Waals surface area contributed by atoms with Crippen molar-refractivity contribution in [3.8, 4) is 5.75 Å². The number of nitrogens with one attached hydrogen (secondary N) is 1. The molecule has 0 aliphatic heterocycles. The molecule has 0 radical (unpaired) electrons. The smallest absolute Gasteiger partial charge is 0.123 e. The molecule has 0 fully saturated rings. The molecular weight excluding hydrogens is 387 g/mol. The van der Waals surface area contributed by atoms with Crippen LogP contribution in [-0.4, -0.2) is 12.8 Å². The van der Waals surface area contributed by atoms with Crippen LogP contribution in [0.15, 0.2) is 95.8 Å². The molecular formula is C27H33FN2O. The van der Waals surface area contributed by atoms with Gasteiger partial charge in [-0.3, -0.25) is 4.99 Å². The van der Waals surface area contributed by atoms with Crippen LogP contribution in [0.2, 0.25) is 0 Å². The van der Waals surface area contributed by atoms with E-state index in [1.54, 1.807) is 25.3 Å².